The fourth-order valence-corrected chi connectivity index (χ4v) is 2.75. The van der Waals surface area contributed by atoms with Crippen LogP contribution in [0.15, 0.2) is 49.4 Å². The maximum absolute atomic E-state index is 14.5. The van der Waals surface area contributed by atoms with Crippen LogP contribution < -0.4 is 10.6 Å². The molecule has 0 saturated carbocycles. The number of halogens is 1. The number of anilines is 2. The molecule has 0 saturated heterocycles. The summed E-state index contributed by atoms with van der Waals surface area (Å²) in [7, 11) is 0. The topological polar surface area (TPSA) is 108 Å². The molecule has 9 heteroatoms. The number of carbonyl (C=O) groups is 1. The number of fused-ring (bicyclic) bond motifs is 1. The quantitative estimate of drug-likeness (QED) is 0.516. The first-order valence-electron chi connectivity index (χ1n) is 8.03. The van der Waals surface area contributed by atoms with Gasteiger partial charge in [-0.3, -0.25) is 0 Å². The average Bonchev–Trinajstić information content (AvgIpc) is 3.05. The molecule has 4 rings (SSSR count). The number of benzene rings is 1. The van der Waals surface area contributed by atoms with E-state index < -0.39 is 11.8 Å². The second kappa shape index (κ2) is 6.79. The van der Waals surface area contributed by atoms with Gasteiger partial charge in [-0.05, 0) is 24.6 Å². The van der Waals surface area contributed by atoms with Crippen LogP contribution >= 0.6 is 0 Å². The highest BCUT2D eigenvalue weighted by Gasteiger charge is 2.13. The number of aromatic amines is 1. The zero-order valence-corrected chi connectivity index (χ0v) is 14.2. The van der Waals surface area contributed by atoms with Crippen molar-refractivity contribution in [3.8, 4) is 11.3 Å². The molecule has 0 atom stereocenters. The van der Waals surface area contributed by atoms with Gasteiger partial charge in [0.15, 0.2) is 0 Å². The van der Waals surface area contributed by atoms with Crippen molar-refractivity contribution in [2.24, 2.45) is 0 Å². The first-order chi connectivity index (χ1) is 13.1. The van der Waals surface area contributed by atoms with Crippen LogP contribution in [0.1, 0.15) is 5.56 Å². The summed E-state index contributed by atoms with van der Waals surface area (Å²) >= 11 is 0. The minimum absolute atomic E-state index is 0.0455. The van der Waals surface area contributed by atoms with Crippen molar-refractivity contribution in [1.29, 1.82) is 0 Å². The number of hydrogen-bond acceptors (Lipinski definition) is 5. The lowest BCUT2D eigenvalue weighted by atomic mass is 10.1. The van der Waals surface area contributed by atoms with Crippen LogP contribution in [-0.2, 0) is 0 Å². The van der Waals surface area contributed by atoms with E-state index in [9.17, 15) is 9.18 Å². The van der Waals surface area contributed by atoms with Gasteiger partial charge in [0, 0.05) is 17.1 Å². The molecule has 0 fully saturated rings. The Balaban J connectivity index is 1.59. The third kappa shape index (κ3) is 3.30. The maximum Gasteiger partial charge on any atom is 0.323 e. The average molecular weight is 363 g/mol. The van der Waals surface area contributed by atoms with E-state index in [0.717, 1.165) is 10.9 Å². The van der Waals surface area contributed by atoms with Crippen molar-refractivity contribution in [1.82, 2.24) is 24.9 Å². The fourth-order valence-electron chi connectivity index (χ4n) is 2.75. The number of nitrogens with zero attached hydrogens (tertiary/aromatic N) is 4. The Hall–Kier alpha value is -3.88. The van der Waals surface area contributed by atoms with Gasteiger partial charge in [-0.2, -0.15) is 0 Å². The van der Waals surface area contributed by atoms with Crippen molar-refractivity contribution in [2.45, 2.75) is 6.92 Å². The first-order valence-corrected chi connectivity index (χ1v) is 8.03. The molecule has 3 N–H and O–H groups in total. The second-order valence-corrected chi connectivity index (χ2v) is 5.82. The molecular weight excluding hydrogens is 349 g/mol. The summed E-state index contributed by atoms with van der Waals surface area (Å²) in [6.45, 7) is 1.93. The summed E-state index contributed by atoms with van der Waals surface area (Å²) in [6.07, 6.45) is 7.47. The van der Waals surface area contributed by atoms with Crippen LogP contribution in [0.4, 0.5) is 20.6 Å². The molecule has 1 aromatic carbocycles. The molecule has 0 aliphatic carbocycles. The fraction of sp³-hybridized carbons (Fsp3) is 0.0556. The summed E-state index contributed by atoms with van der Waals surface area (Å²) in [5.74, 6) is -0.577. The van der Waals surface area contributed by atoms with Gasteiger partial charge in [-0.1, -0.05) is 6.07 Å². The minimum Gasteiger partial charge on any atom is -0.346 e. The molecule has 8 nitrogen and oxygen atoms in total. The highest BCUT2D eigenvalue weighted by molar-refractivity contribution is 6.00. The number of aryl methyl sites for hydroxylation is 1. The van der Waals surface area contributed by atoms with E-state index >= 15 is 0 Å². The van der Waals surface area contributed by atoms with Crippen LogP contribution in [0.25, 0.3) is 22.3 Å². The summed E-state index contributed by atoms with van der Waals surface area (Å²) in [5.41, 5.74) is 3.31. The SMILES string of the molecule is Cc1c[nH]c2ncnc(-c3ccc(NC(=O)Nc4cncnc4)c(F)c3)c12. The smallest absolute Gasteiger partial charge is 0.323 e. The monoisotopic (exact) mass is 363 g/mol. The Bertz CT molecular complexity index is 1130. The molecule has 0 unspecified atom stereocenters. The molecule has 0 radical (unpaired) electrons. The van der Waals surface area contributed by atoms with Gasteiger partial charge in [0.1, 0.15) is 24.1 Å². The molecule has 0 aliphatic rings. The minimum atomic E-state index is -0.595. The van der Waals surface area contributed by atoms with Gasteiger partial charge in [0.05, 0.1) is 29.5 Å². The third-order valence-electron chi connectivity index (χ3n) is 3.98. The van der Waals surface area contributed by atoms with E-state index in [1.54, 1.807) is 6.07 Å². The summed E-state index contributed by atoms with van der Waals surface area (Å²) in [4.78, 5) is 31.1. The van der Waals surface area contributed by atoms with Crippen molar-refractivity contribution in [3.63, 3.8) is 0 Å². The normalized spacial score (nSPS) is 10.7. The lowest BCUT2D eigenvalue weighted by Gasteiger charge is -2.10. The number of carbonyl (C=O) groups excluding carboxylic acids is 1. The number of aromatic nitrogens is 5. The van der Waals surface area contributed by atoms with E-state index in [1.165, 1.54) is 37.2 Å². The molecule has 3 heterocycles. The van der Waals surface area contributed by atoms with Crippen LogP contribution in [0.3, 0.4) is 0 Å². The Morgan fingerprint density at radius 1 is 1.11 bits per heavy atom. The Morgan fingerprint density at radius 3 is 2.70 bits per heavy atom. The predicted octanol–water partition coefficient (Wildman–Crippen LogP) is 3.51. The number of urea groups is 1. The molecule has 2 amide bonds. The van der Waals surface area contributed by atoms with Crippen molar-refractivity contribution in [2.75, 3.05) is 10.6 Å². The van der Waals surface area contributed by atoms with E-state index in [4.69, 9.17) is 0 Å². The van der Waals surface area contributed by atoms with Crippen LogP contribution in [0, 0.1) is 12.7 Å². The van der Waals surface area contributed by atoms with E-state index in [2.05, 4.69) is 35.6 Å². The predicted molar refractivity (Wildman–Crippen MR) is 98.7 cm³/mol. The van der Waals surface area contributed by atoms with Gasteiger partial charge in [0.25, 0.3) is 0 Å². The van der Waals surface area contributed by atoms with E-state index in [-0.39, 0.29) is 5.69 Å². The Labute approximate surface area is 152 Å². The van der Waals surface area contributed by atoms with Crippen molar-refractivity contribution in [3.05, 3.63) is 60.8 Å². The molecule has 134 valence electrons. The second-order valence-electron chi connectivity index (χ2n) is 5.82. The molecule has 3 aromatic heterocycles. The van der Waals surface area contributed by atoms with Gasteiger partial charge in [0.2, 0.25) is 0 Å². The molecule has 4 aromatic rings. The van der Waals surface area contributed by atoms with Gasteiger partial charge < -0.3 is 15.6 Å². The first kappa shape index (κ1) is 16.6. The molecule has 27 heavy (non-hydrogen) atoms. The number of rotatable bonds is 3. The highest BCUT2D eigenvalue weighted by atomic mass is 19.1. The number of amides is 2. The van der Waals surface area contributed by atoms with E-state index in [0.29, 0.717) is 22.6 Å². The number of nitrogens with one attached hydrogen (secondary N) is 3. The summed E-state index contributed by atoms with van der Waals surface area (Å²) < 4.78 is 14.5. The van der Waals surface area contributed by atoms with Gasteiger partial charge >= 0.3 is 6.03 Å². The standard InChI is InChI=1S/C18H14FN7O/c1-10-5-22-17-15(10)16(23-9-24-17)11-2-3-14(13(19)4-11)26-18(27)25-12-6-20-8-21-7-12/h2-9H,1H3,(H,22,23,24)(H2,25,26,27). The number of H-pyrrole nitrogens is 1. The Morgan fingerprint density at radius 2 is 1.93 bits per heavy atom. The van der Waals surface area contributed by atoms with Crippen molar-refractivity contribution >= 4 is 28.4 Å². The van der Waals surface area contributed by atoms with Gasteiger partial charge in [-0.15, -0.1) is 0 Å². The van der Waals surface area contributed by atoms with Gasteiger partial charge in [-0.25, -0.2) is 29.1 Å². The van der Waals surface area contributed by atoms with E-state index in [1.807, 2.05) is 13.1 Å². The zero-order valence-electron chi connectivity index (χ0n) is 14.2. The summed E-state index contributed by atoms with van der Waals surface area (Å²) in [6, 6.07) is 3.91. The molecule has 0 spiro atoms. The van der Waals surface area contributed by atoms with Crippen LogP contribution in [0.2, 0.25) is 0 Å². The lowest BCUT2D eigenvalue weighted by Crippen LogP contribution is -2.20. The van der Waals surface area contributed by atoms with Crippen LogP contribution in [-0.4, -0.2) is 31.0 Å². The molecule has 0 bridgehead atoms. The third-order valence-corrected chi connectivity index (χ3v) is 3.98. The van der Waals surface area contributed by atoms with Crippen molar-refractivity contribution < 1.29 is 9.18 Å². The molecule has 0 aliphatic heterocycles. The van der Waals surface area contributed by atoms with Crippen LogP contribution in [0.5, 0.6) is 0 Å². The zero-order chi connectivity index (χ0) is 18.8. The highest BCUT2D eigenvalue weighted by Crippen LogP contribution is 2.29. The lowest BCUT2D eigenvalue weighted by molar-refractivity contribution is 0.262. The maximum atomic E-state index is 14.5. The number of hydrogen-bond donors (Lipinski definition) is 3. The molecular formula is C18H14FN7O. The largest absolute Gasteiger partial charge is 0.346 e. The Kier molecular flexibility index (Phi) is 4.17. The summed E-state index contributed by atoms with van der Waals surface area (Å²) in [5, 5.41) is 5.82.